The number of nitrogens with one attached hydrogen (secondary N) is 1. The lowest BCUT2D eigenvalue weighted by Crippen LogP contribution is -2.40. The highest BCUT2D eigenvalue weighted by Gasteiger charge is 2.24. The predicted octanol–water partition coefficient (Wildman–Crippen LogP) is 2.81. The van der Waals surface area contributed by atoms with Crippen LogP contribution in [-0.4, -0.2) is 38.7 Å². The van der Waals surface area contributed by atoms with Crippen LogP contribution in [0.5, 0.6) is 0 Å². The monoisotopic (exact) mass is 371 g/mol. The second kappa shape index (κ2) is 10.4. The molecule has 1 N–H and O–H groups in total. The van der Waals surface area contributed by atoms with Crippen LogP contribution < -0.4 is 5.32 Å². The molecular weight excluding hydrogens is 346 g/mol. The molecule has 6 nitrogen and oxygen atoms in total. The van der Waals surface area contributed by atoms with Crippen LogP contribution in [0.2, 0.25) is 0 Å². The maximum absolute atomic E-state index is 12.4. The minimum atomic E-state index is -0.801. The fourth-order valence-corrected chi connectivity index (χ4v) is 2.66. The number of carbonyl (C=O) groups excluding carboxylic acids is 2. The molecule has 0 aliphatic heterocycles. The van der Waals surface area contributed by atoms with Gasteiger partial charge >= 0.3 is 5.97 Å². The quantitative estimate of drug-likeness (QED) is 0.686. The van der Waals surface area contributed by atoms with Gasteiger partial charge in [0.1, 0.15) is 6.61 Å². The molecule has 1 amide bonds. The van der Waals surface area contributed by atoms with Crippen molar-refractivity contribution in [3.8, 4) is 0 Å². The van der Waals surface area contributed by atoms with E-state index < -0.39 is 18.2 Å². The first-order valence-electron chi connectivity index (χ1n) is 8.69. The van der Waals surface area contributed by atoms with Gasteiger partial charge in [-0.3, -0.25) is 4.79 Å². The van der Waals surface area contributed by atoms with Gasteiger partial charge in [0, 0.05) is 14.2 Å². The third kappa shape index (κ3) is 5.91. The molecule has 0 aliphatic carbocycles. The highest BCUT2D eigenvalue weighted by Crippen LogP contribution is 2.18. The first-order chi connectivity index (χ1) is 13.1. The lowest BCUT2D eigenvalue weighted by molar-refractivity contribution is -0.157. The number of hydrogen-bond donors (Lipinski definition) is 1. The Labute approximate surface area is 159 Å². The molecule has 0 fully saturated rings. The molecule has 2 aromatic rings. The molecule has 0 heterocycles. The summed E-state index contributed by atoms with van der Waals surface area (Å²) in [5.74, 6) is -0.797. The van der Waals surface area contributed by atoms with E-state index >= 15 is 0 Å². The Morgan fingerprint density at radius 2 is 1.33 bits per heavy atom. The lowest BCUT2D eigenvalue weighted by atomic mass is 10.1. The van der Waals surface area contributed by atoms with Crippen molar-refractivity contribution in [1.29, 1.82) is 0 Å². The molecule has 2 aromatic carbocycles. The van der Waals surface area contributed by atoms with Crippen molar-refractivity contribution in [1.82, 2.24) is 5.32 Å². The number of benzene rings is 2. The van der Waals surface area contributed by atoms with Crippen LogP contribution in [0.3, 0.4) is 0 Å². The molecule has 0 aliphatic rings. The summed E-state index contributed by atoms with van der Waals surface area (Å²) in [6.45, 7) is 1.79. The van der Waals surface area contributed by atoms with Gasteiger partial charge in [-0.1, -0.05) is 60.7 Å². The molecule has 144 valence electrons. The van der Waals surface area contributed by atoms with Gasteiger partial charge < -0.3 is 19.5 Å². The molecule has 0 radical (unpaired) electrons. The summed E-state index contributed by atoms with van der Waals surface area (Å²) in [4.78, 5) is 24.7. The van der Waals surface area contributed by atoms with Gasteiger partial charge in [-0.2, -0.15) is 0 Å². The molecule has 0 aromatic heterocycles. The molecule has 27 heavy (non-hydrogen) atoms. The minimum Gasteiger partial charge on any atom is -0.461 e. The Morgan fingerprint density at radius 1 is 0.852 bits per heavy atom. The molecule has 0 saturated heterocycles. The molecule has 0 saturated carbocycles. The second-order valence-electron chi connectivity index (χ2n) is 6.09. The maximum Gasteiger partial charge on any atom is 0.339 e. The third-order valence-corrected chi connectivity index (χ3v) is 3.99. The molecule has 0 unspecified atom stereocenters. The zero-order valence-corrected chi connectivity index (χ0v) is 15.8. The van der Waals surface area contributed by atoms with Crippen molar-refractivity contribution >= 4 is 11.9 Å². The summed E-state index contributed by atoms with van der Waals surface area (Å²) in [7, 11) is 2.93. The Kier molecular flexibility index (Phi) is 7.98. The van der Waals surface area contributed by atoms with Crippen LogP contribution in [-0.2, 0) is 23.8 Å². The third-order valence-electron chi connectivity index (χ3n) is 3.99. The Morgan fingerprint density at radius 3 is 1.81 bits per heavy atom. The van der Waals surface area contributed by atoms with Gasteiger partial charge in [0.05, 0.1) is 6.04 Å². The average Bonchev–Trinajstić information content (AvgIpc) is 2.69. The van der Waals surface area contributed by atoms with Crippen LogP contribution in [0.1, 0.15) is 30.3 Å². The topological polar surface area (TPSA) is 73.9 Å². The number of ether oxygens (including phenoxy) is 3. The molecule has 3 atom stereocenters. The maximum atomic E-state index is 12.4. The molecule has 6 heteroatoms. The summed E-state index contributed by atoms with van der Waals surface area (Å²) >= 11 is 0. The van der Waals surface area contributed by atoms with E-state index in [4.69, 9.17) is 14.2 Å². The van der Waals surface area contributed by atoms with Crippen LogP contribution in [0.25, 0.3) is 0 Å². The van der Waals surface area contributed by atoms with Gasteiger partial charge in [0.2, 0.25) is 0 Å². The van der Waals surface area contributed by atoms with Gasteiger partial charge in [-0.25, -0.2) is 4.79 Å². The molecule has 0 spiro atoms. The van der Waals surface area contributed by atoms with E-state index in [1.807, 2.05) is 48.5 Å². The standard InChI is InChI=1S/C21H25NO5/c1-15(22-20(23)18(25-2)16-10-6-4-7-11-16)14-27-21(24)19(26-3)17-12-8-5-9-13-17/h4-13,15,18-19H,14H2,1-3H3,(H,22,23)/t15-,18-,19-/m0/s1. The first-order valence-corrected chi connectivity index (χ1v) is 8.69. The van der Waals surface area contributed by atoms with Crippen molar-refractivity contribution in [2.75, 3.05) is 20.8 Å². The van der Waals surface area contributed by atoms with E-state index in [1.54, 1.807) is 19.1 Å². The van der Waals surface area contributed by atoms with Gasteiger partial charge in [-0.05, 0) is 18.1 Å². The summed E-state index contributed by atoms with van der Waals surface area (Å²) in [6, 6.07) is 17.9. The van der Waals surface area contributed by atoms with E-state index in [9.17, 15) is 9.59 Å². The van der Waals surface area contributed by atoms with Gasteiger partial charge in [0.25, 0.3) is 5.91 Å². The number of methoxy groups -OCH3 is 2. The predicted molar refractivity (Wildman–Crippen MR) is 101 cm³/mol. The van der Waals surface area contributed by atoms with Crippen molar-refractivity contribution in [3.63, 3.8) is 0 Å². The summed E-state index contributed by atoms with van der Waals surface area (Å²) in [5, 5.41) is 2.80. The Balaban J connectivity index is 1.88. The molecule has 0 bridgehead atoms. The zero-order valence-electron chi connectivity index (χ0n) is 15.8. The van der Waals surface area contributed by atoms with Crippen molar-refractivity contribution in [3.05, 3.63) is 71.8 Å². The van der Waals surface area contributed by atoms with E-state index in [-0.39, 0.29) is 18.6 Å². The zero-order chi connectivity index (χ0) is 19.6. The van der Waals surface area contributed by atoms with Crippen LogP contribution >= 0.6 is 0 Å². The number of hydrogen-bond acceptors (Lipinski definition) is 5. The van der Waals surface area contributed by atoms with Crippen LogP contribution in [0.4, 0.5) is 0 Å². The first kappa shape index (κ1) is 20.6. The van der Waals surface area contributed by atoms with E-state index in [0.717, 1.165) is 5.56 Å². The van der Waals surface area contributed by atoms with Gasteiger partial charge in [-0.15, -0.1) is 0 Å². The number of carbonyl (C=O) groups is 2. The van der Waals surface area contributed by atoms with Gasteiger partial charge in [0.15, 0.2) is 12.2 Å². The van der Waals surface area contributed by atoms with Crippen molar-refractivity contribution < 1.29 is 23.8 Å². The normalized spacial score (nSPS) is 14.0. The number of rotatable bonds is 9. The molecular formula is C21H25NO5. The smallest absolute Gasteiger partial charge is 0.339 e. The van der Waals surface area contributed by atoms with Crippen molar-refractivity contribution in [2.24, 2.45) is 0 Å². The number of amides is 1. The second-order valence-corrected chi connectivity index (χ2v) is 6.09. The fourth-order valence-electron chi connectivity index (χ4n) is 2.66. The summed E-state index contributed by atoms with van der Waals surface area (Å²) in [6.07, 6.45) is -1.52. The molecule has 2 rings (SSSR count). The largest absolute Gasteiger partial charge is 0.461 e. The SMILES string of the molecule is CO[C@H](C(=O)N[C@@H](C)COC(=O)[C@@H](OC)c1ccccc1)c1ccccc1. The Bertz CT molecular complexity index is 720. The van der Waals surface area contributed by atoms with Crippen molar-refractivity contribution in [2.45, 2.75) is 25.2 Å². The van der Waals surface area contributed by atoms with E-state index in [1.165, 1.54) is 14.2 Å². The average molecular weight is 371 g/mol. The highest BCUT2D eigenvalue weighted by molar-refractivity contribution is 5.82. The number of esters is 1. The summed E-state index contributed by atoms with van der Waals surface area (Å²) in [5.41, 5.74) is 1.47. The summed E-state index contributed by atoms with van der Waals surface area (Å²) < 4.78 is 15.9. The van der Waals surface area contributed by atoms with Crippen LogP contribution in [0, 0.1) is 0 Å². The Hall–Kier alpha value is -2.70. The lowest BCUT2D eigenvalue weighted by Gasteiger charge is -2.21. The van der Waals surface area contributed by atoms with E-state index in [0.29, 0.717) is 5.56 Å². The highest BCUT2D eigenvalue weighted by atomic mass is 16.6. The fraction of sp³-hybridized carbons (Fsp3) is 0.333. The van der Waals surface area contributed by atoms with Crippen LogP contribution in [0.15, 0.2) is 60.7 Å². The minimum absolute atomic E-state index is 0.0302. The van der Waals surface area contributed by atoms with E-state index in [2.05, 4.69) is 5.32 Å².